The van der Waals surface area contributed by atoms with Crippen LogP contribution in [0, 0.1) is 6.42 Å². The largest absolute Gasteiger partial charge is 0.460 e. The number of allylic oxidation sites excluding steroid dienone is 4. The van der Waals surface area contributed by atoms with Gasteiger partial charge in [0.25, 0.3) is 0 Å². The quantitative estimate of drug-likeness (QED) is 0.609. The zero-order valence-corrected chi connectivity index (χ0v) is 11.0. The molecule has 0 saturated heterocycles. The van der Waals surface area contributed by atoms with Crippen molar-refractivity contribution in [1.29, 1.82) is 0 Å². The average Bonchev–Trinajstić information content (AvgIpc) is 2.49. The smallest absolute Gasteiger partial charge is 0.380 e. The summed E-state index contributed by atoms with van der Waals surface area (Å²) >= 11 is 0. The molecular formula is C16H13N2O2-. The van der Waals surface area contributed by atoms with Crippen LogP contribution in [0.25, 0.3) is 0 Å². The Morgan fingerprint density at radius 2 is 2.25 bits per heavy atom. The minimum atomic E-state index is 0.209. The van der Waals surface area contributed by atoms with Gasteiger partial charge in [0.2, 0.25) is 0 Å². The molecule has 0 bridgehead atoms. The van der Waals surface area contributed by atoms with E-state index in [1.807, 2.05) is 48.9 Å². The Kier molecular flexibility index (Phi) is 3.37. The number of nitrogens with zero attached hydrogens (tertiary/aromatic N) is 2. The number of rotatable bonds is 2. The van der Waals surface area contributed by atoms with Crippen molar-refractivity contribution in [2.45, 2.75) is 0 Å². The molecule has 0 saturated carbocycles. The molecule has 0 N–H and O–H groups in total. The van der Waals surface area contributed by atoms with E-state index in [-0.39, 0.29) is 6.08 Å². The maximum absolute atomic E-state index is 5.70. The van der Waals surface area contributed by atoms with E-state index in [4.69, 9.17) is 9.47 Å². The van der Waals surface area contributed by atoms with Crippen LogP contribution in [-0.2, 0) is 4.74 Å². The molecule has 1 heterocycles. The van der Waals surface area contributed by atoms with Gasteiger partial charge in [0, 0.05) is 24.6 Å². The molecule has 2 aliphatic rings. The molecular weight excluding hydrogens is 252 g/mol. The number of para-hydroxylation sites is 1. The van der Waals surface area contributed by atoms with Crippen LogP contribution in [0.3, 0.4) is 0 Å². The predicted molar refractivity (Wildman–Crippen MR) is 78.7 cm³/mol. The highest BCUT2D eigenvalue weighted by molar-refractivity contribution is 5.85. The Balaban J connectivity index is 1.83. The van der Waals surface area contributed by atoms with Gasteiger partial charge in [-0.05, 0) is 18.3 Å². The first-order valence-electron chi connectivity index (χ1n) is 6.24. The highest BCUT2D eigenvalue weighted by atomic mass is 16.7. The van der Waals surface area contributed by atoms with Gasteiger partial charge in [0.15, 0.2) is 0 Å². The van der Waals surface area contributed by atoms with Crippen LogP contribution in [0.15, 0.2) is 70.0 Å². The van der Waals surface area contributed by atoms with E-state index >= 15 is 0 Å². The zero-order chi connectivity index (χ0) is 13.8. The normalized spacial score (nSPS) is 16.6. The Hall–Kier alpha value is -2.75. The van der Waals surface area contributed by atoms with Crippen molar-refractivity contribution in [2.24, 2.45) is 9.98 Å². The second-order valence-corrected chi connectivity index (χ2v) is 4.19. The average molecular weight is 265 g/mol. The summed E-state index contributed by atoms with van der Waals surface area (Å²) in [7, 11) is 1.72. The minimum Gasteiger partial charge on any atom is -0.460 e. The molecule has 4 heteroatoms. The van der Waals surface area contributed by atoms with Gasteiger partial charge < -0.3 is 9.47 Å². The van der Waals surface area contributed by atoms with Gasteiger partial charge in [-0.3, -0.25) is 4.99 Å². The molecule has 0 aromatic heterocycles. The maximum Gasteiger partial charge on any atom is 0.380 e. The molecule has 1 aliphatic carbocycles. The Morgan fingerprint density at radius 1 is 1.35 bits per heavy atom. The van der Waals surface area contributed by atoms with Gasteiger partial charge in [-0.15, -0.1) is 24.6 Å². The molecule has 1 aromatic rings. The van der Waals surface area contributed by atoms with Gasteiger partial charge in [-0.25, -0.2) is 4.99 Å². The Labute approximate surface area is 117 Å². The first-order valence-corrected chi connectivity index (χ1v) is 6.24. The van der Waals surface area contributed by atoms with Crippen molar-refractivity contribution in [2.75, 3.05) is 7.05 Å². The van der Waals surface area contributed by atoms with Crippen molar-refractivity contribution in [3.63, 3.8) is 0 Å². The van der Waals surface area contributed by atoms with E-state index in [1.54, 1.807) is 19.5 Å². The molecule has 1 aromatic carbocycles. The molecule has 100 valence electrons. The van der Waals surface area contributed by atoms with Crippen molar-refractivity contribution in [1.82, 2.24) is 0 Å². The molecule has 0 radical (unpaired) electrons. The monoisotopic (exact) mass is 265 g/mol. The molecule has 0 unspecified atom stereocenters. The summed E-state index contributed by atoms with van der Waals surface area (Å²) in [5.41, 5.74) is 1.81. The third-order valence-electron chi connectivity index (χ3n) is 2.81. The second-order valence-electron chi connectivity index (χ2n) is 4.19. The summed E-state index contributed by atoms with van der Waals surface area (Å²) in [5.74, 6) is 1.39. The summed E-state index contributed by atoms with van der Waals surface area (Å²) < 4.78 is 11.3. The van der Waals surface area contributed by atoms with Crippen molar-refractivity contribution in [3.05, 3.63) is 72.0 Å². The van der Waals surface area contributed by atoms with Gasteiger partial charge in [0.05, 0.1) is 0 Å². The summed E-state index contributed by atoms with van der Waals surface area (Å²) in [6, 6.07) is 7.59. The molecule has 0 fully saturated rings. The lowest BCUT2D eigenvalue weighted by Gasteiger charge is -2.25. The van der Waals surface area contributed by atoms with E-state index in [0.29, 0.717) is 5.75 Å². The maximum atomic E-state index is 5.70. The molecule has 0 atom stereocenters. The fourth-order valence-corrected chi connectivity index (χ4v) is 1.88. The van der Waals surface area contributed by atoms with Gasteiger partial charge in [0.1, 0.15) is 5.75 Å². The molecule has 0 spiro atoms. The van der Waals surface area contributed by atoms with Crippen LogP contribution < -0.4 is 4.74 Å². The standard InChI is InChI=1S/C16H13N2O2/c1-17-10-12-6-2-4-8-14(12)19-16-18-11-13-7-3-5-9-15(13)20-16/h2-11H,1H3/q-1. The third-order valence-corrected chi connectivity index (χ3v) is 2.81. The fraction of sp³-hybridized carbons (Fsp3) is 0.0625. The van der Waals surface area contributed by atoms with Gasteiger partial charge in [-0.1, -0.05) is 17.7 Å². The van der Waals surface area contributed by atoms with Crippen LogP contribution in [0.2, 0.25) is 0 Å². The van der Waals surface area contributed by atoms with Crippen molar-refractivity contribution in [3.8, 4) is 5.75 Å². The van der Waals surface area contributed by atoms with E-state index in [1.165, 1.54) is 0 Å². The first-order chi connectivity index (χ1) is 9.86. The lowest BCUT2D eigenvalue weighted by Crippen LogP contribution is -2.18. The number of hydrogen-bond donors (Lipinski definition) is 0. The van der Waals surface area contributed by atoms with Crippen LogP contribution in [0.5, 0.6) is 5.75 Å². The first kappa shape index (κ1) is 12.3. The Morgan fingerprint density at radius 3 is 3.15 bits per heavy atom. The van der Waals surface area contributed by atoms with Crippen LogP contribution >= 0.6 is 0 Å². The molecule has 0 amide bonds. The SMILES string of the molecule is CN=Cc1ccccc1OC1=NC=C2[CH-]C=CC=C2O1. The number of ether oxygens (including phenoxy) is 2. The number of fused-ring (bicyclic) bond motifs is 1. The van der Waals surface area contributed by atoms with E-state index in [9.17, 15) is 0 Å². The summed E-state index contributed by atoms with van der Waals surface area (Å²) in [6.45, 7) is 0. The zero-order valence-electron chi connectivity index (χ0n) is 11.0. The lowest BCUT2D eigenvalue weighted by molar-refractivity contribution is 0.311. The van der Waals surface area contributed by atoms with Gasteiger partial charge >= 0.3 is 6.08 Å². The summed E-state index contributed by atoms with van der Waals surface area (Å²) in [6.07, 6.45) is 11.3. The predicted octanol–water partition coefficient (Wildman–Crippen LogP) is 3.04. The van der Waals surface area contributed by atoms with E-state index in [0.717, 1.165) is 16.9 Å². The Bertz CT molecular complexity index is 667. The third kappa shape index (κ3) is 2.49. The topological polar surface area (TPSA) is 43.2 Å². The van der Waals surface area contributed by atoms with Crippen molar-refractivity contribution < 1.29 is 9.47 Å². The second kappa shape index (κ2) is 5.48. The summed E-state index contributed by atoms with van der Waals surface area (Å²) in [5, 5.41) is 0. The summed E-state index contributed by atoms with van der Waals surface area (Å²) in [4.78, 5) is 8.17. The van der Waals surface area contributed by atoms with Crippen molar-refractivity contribution >= 4 is 12.3 Å². The van der Waals surface area contributed by atoms with Crippen LogP contribution in [0.1, 0.15) is 5.56 Å². The lowest BCUT2D eigenvalue weighted by atomic mass is 10.1. The molecule has 4 nitrogen and oxygen atoms in total. The van der Waals surface area contributed by atoms with E-state index < -0.39 is 0 Å². The van der Waals surface area contributed by atoms with E-state index in [2.05, 4.69) is 9.98 Å². The van der Waals surface area contributed by atoms with Gasteiger partial charge in [-0.2, -0.15) is 0 Å². The van der Waals surface area contributed by atoms with Crippen LogP contribution in [-0.4, -0.2) is 19.3 Å². The number of hydrogen-bond acceptors (Lipinski definition) is 4. The highest BCUT2D eigenvalue weighted by Crippen LogP contribution is 2.25. The highest BCUT2D eigenvalue weighted by Gasteiger charge is 2.12. The van der Waals surface area contributed by atoms with Crippen LogP contribution in [0.4, 0.5) is 0 Å². The molecule has 20 heavy (non-hydrogen) atoms. The molecule has 1 aliphatic heterocycles. The number of aliphatic imine (C=N–C) groups is 2. The number of benzene rings is 1. The molecule has 3 rings (SSSR count). The fourth-order valence-electron chi connectivity index (χ4n) is 1.88. The minimum absolute atomic E-state index is 0.209.